The van der Waals surface area contributed by atoms with Crippen molar-refractivity contribution in [1.82, 2.24) is 9.88 Å². The summed E-state index contributed by atoms with van der Waals surface area (Å²) in [5.41, 5.74) is 5.00. The first-order valence-corrected chi connectivity index (χ1v) is 9.82. The van der Waals surface area contributed by atoms with Crippen molar-refractivity contribution < 1.29 is 22.8 Å². The maximum Gasteiger partial charge on any atom is 0.416 e. The third kappa shape index (κ3) is 4.89. The maximum atomic E-state index is 12.9. The molecule has 1 aliphatic rings. The van der Waals surface area contributed by atoms with Gasteiger partial charge in [-0.1, -0.05) is 12.1 Å². The van der Waals surface area contributed by atoms with E-state index < -0.39 is 11.7 Å². The fourth-order valence-corrected chi connectivity index (χ4v) is 4.12. The lowest BCUT2D eigenvalue weighted by molar-refractivity contribution is -0.137. The Morgan fingerprint density at radius 3 is 2.82 bits per heavy atom. The van der Waals surface area contributed by atoms with Gasteiger partial charge in [-0.25, -0.2) is 4.98 Å². The van der Waals surface area contributed by atoms with Gasteiger partial charge in [0.15, 0.2) is 0 Å². The molecule has 1 aliphatic heterocycles. The Labute approximate surface area is 164 Å². The highest BCUT2D eigenvalue weighted by Crippen LogP contribution is 2.33. The number of carbonyl (C=O) groups is 2. The number of aromatic nitrogens is 1. The van der Waals surface area contributed by atoms with Gasteiger partial charge in [0.05, 0.1) is 5.56 Å². The van der Waals surface area contributed by atoms with Crippen molar-refractivity contribution in [2.45, 2.75) is 31.9 Å². The number of halogens is 3. The molecule has 5 nitrogen and oxygen atoms in total. The van der Waals surface area contributed by atoms with Crippen molar-refractivity contribution in [3.05, 3.63) is 40.9 Å². The minimum atomic E-state index is -4.43. The Morgan fingerprint density at radius 2 is 2.11 bits per heavy atom. The zero-order valence-electron chi connectivity index (χ0n) is 15.0. The molecule has 2 N–H and O–H groups in total. The Bertz CT molecular complexity index is 866. The maximum absolute atomic E-state index is 12.9. The molecule has 1 aromatic carbocycles. The molecule has 1 aromatic heterocycles. The van der Waals surface area contributed by atoms with E-state index in [1.165, 1.54) is 6.07 Å². The molecule has 2 aromatic rings. The number of carbonyl (C=O) groups excluding carboxylic acids is 2. The number of alkyl halides is 3. The molecule has 2 heterocycles. The van der Waals surface area contributed by atoms with Gasteiger partial charge < -0.3 is 10.6 Å². The number of likely N-dealkylation sites (tertiary alicyclic amines) is 1. The number of nitrogens with zero attached hydrogens (tertiary/aromatic N) is 2. The zero-order chi connectivity index (χ0) is 20.3. The minimum absolute atomic E-state index is 0.215. The molecule has 9 heteroatoms. The van der Waals surface area contributed by atoms with Crippen LogP contribution < -0.4 is 5.73 Å². The van der Waals surface area contributed by atoms with Crippen LogP contribution in [-0.4, -0.2) is 34.8 Å². The molecule has 0 saturated carbocycles. The van der Waals surface area contributed by atoms with Crippen LogP contribution in [0.25, 0.3) is 10.6 Å². The Hall–Kier alpha value is -2.42. The number of rotatable bonds is 5. The molecule has 0 aliphatic carbocycles. The Kier molecular flexibility index (Phi) is 6.02. The van der Waals surface area contributed by atoms with Crippen LogP contribution in [0.2, 0.25) is 0 Å². The summed E-state index contributed by atoms with van der Waals surface area (Å²) >= 11 is 1.14. The van der Waals surface area contributed by atoms with Crippen molar-refractivity contribution in [2.75, 3.05) is 13.1 Å². The minimum Gasteiger partial charge on any atom is -0.370 e. The average molecular weight is 411 g/mol. The molecule has 1 saturated heterocycles. The second kappa shape index (κ2) is 8.30. The molecule has 0 bridgehead atoms. The van der Waals surface area contributed by atoms with E-state index in [0.29, 0.717) is 36.5 Å². The van der Waals surface area contributed by atoms with Gasteiger partial charge >= 0.3 is 6.18 Å². The lowest BCUT2D eigenvalue weighted by atomic mass is 9.93. The number of thiazole rings is 1. The SMILES string of the molecule is NC(=O)CCC1CCCN(C(=O)c2csc(-c3cccc(C(F)(F)F)c3)n2)C1. The van der Waals surface area contributed by atoms with Crippen molar-refractivity contribution in [1.29, 1.82) is 0 Å². The first-order valence-electron chi connectivity index (χ1n) is 8.95. The molecule has 1 atom stereocenters. The summed E-state index contributed by atoms with van der Waals surface area (Å²) in [5.74, 6) is -0.376. The van der Waals surface area contributed by atoms with Crippen LogP contribution in [0.1, 0.15) is 41.7 Å². The monoisotopic (exact) mass is 411 g/mol. The lowest BCUT2D eigenvalue weighted by Crippen LogP contribution is -2.40. The average Bonchev–Trinajstić information content (AvgIpc) is 3.15. The van der Waals surface area contributed by atoms with Crippen molar-refractivity contribution in [3.8, 4) is 10.6 Å². The Morgan fingerprint density at radius 1 is 1.32 bits per heavy atom. The smallest absolute Gasteiger partial charge is 0.370 e. The summed E-state index contributed by atoms with van der Waals surface area (Å²) in [5, 5.41) is 1.95. The molecular weight excluding hydrogens is 391 g/mol. The summed E-state index contributed by atoms with van der Waals surface area (Å²) in [6.07, 6.45) is -1.72. The van der Waals surface area contributed by atoms with Gasteiger partial charge in [0.2, 0.25) is 5.91 Å². The second-order valence-electron chi connectivity index (χ2n) is 6.88. The van der Waals surface area contributed by atoms with E-state index in [1.54, 1.807) is 16.3 Å². The molecule has 0 spiro atoms. The van der Waals surface area contributed by atoms with Gasteiger partial charge in [-0.2, -0.15) is 13.2 Å². The number of amides is 2. The third-order valence-electron chi connectivity index (χ3n) is 4.77. The van der Waals surface area contributed by atoms with Crippen molar-refractivity contribution in [2.24, 2.45) is 11.7 Å². The van der Waals surface area contributed by atoms with Gasteiger partial charge in [-0.05, 0) is 37.3 Å². The summed E-state index contributed by atoms with van der Waals surface area (Å²) in [4.78, 5) is 29.7. The van der Waals surface area contributed by atoms with Crippen LogP contribution in [0, 0.1) is 5.92 Å². The highest BCUT2D eigenvalue weighted by Gasteiger charge is 2.31. The zero-order valence-corrected chi connectivity index (χ0v) is 15.9. The molecule has 0 radical (unpaired) electrons. The number of hydrogen-bond acceptors (Lipinski definition) is 4. The van der Waals surface area contributed by atoms with Gasteiger partial charge in [-0.15, -0.1) is 11.3 Å². The van der Waals surface area contributed by atoms with E-state index in [4.69, 9.17) is 5.73 Å². The van der Waals surface area contributed by atoms with E-state index in [1.807, 2.05) is 0 Å². The van der Waals surface area contributed by atoms with Gasteiger partial charge in [0.1, 0.15) is 10.7 Å². The standard InChI is InChI=1S/C19H20F3N3O2S/c20-19(21,22)14-5-1-4-13(9-14)17-24-15(11-28-17)18(27)25-8-2-3-12(10-25)6-7-16(23)26/h1,4-5,9,11-12H,2-3,6-8,10H2,(H2,23,26). The number of primary amides is 1. The van der Waals surface area contributed by atoms with E-state index in [9.17, 15) is 22.8 Å². The van der Waals surface area contributed by atoms with E-state index in [-0.39, 0.29) is 23.4 Å². The topological polar surface area (TPSA) is 76.3 Å². The highest BCUT2D eigenvalue weighted by molar-refractivity contribution is 7.13. The summed E-state index contributed by atoms with van der Waals surface area (Å²) in [7, 11) is 0. The number of nitrogens with two attached hydrogens (primary N) is 1. The number of piperidine rings is 1. The Balaban J connectivity index is 1.71. The van der Waals surface area contributed by atoms with E-state index >= 15 is 0 Å². The largest absolute Gasteiger partial charge is 0.416 e. The lowest BCUT2D eigenvalue weighted by Gasteiger charge is -2.32. The van der Waals surface area contributed by atoms with Crippen LogP contribution in [0.15, 0.2) is 29.6 Å². The molecule has 1 fully saturated rings. The summed E-state index contributed by atoms with van der Waals surface area (Å²) < 4.78 is 38.7. The van der Waals surface area contributed by atoms with E-state index in [2.05, 4.69) is 4.98 Å². The van der Waals surface area contributed by atoms with Crippen LogP contribution in [0.5, 0.6) is 0 Å². The van der Waals surface area contributed by atoms with Gasteiger partial charge in [0.25, 0.3) is 5.91 Å². The number of benzene rings is 1. The molecule has 28 heavy (non-hydrogen) atoms. The van der Waals surface area contributed by atoms with Crippen molar-refractivity contribution in [3.63, 3.8) is 0 Å². The third-order valence-corrected chi connectivity index (χ3v) is 5.66. The van der Waals surface area contributed by atoms with Gasteiger partial charge in [0, 0.05) is 30.5 Å². The van der Waals surface area contributed by atoms with E-state index in [0.717, 1.165) is 36.3 Å². The fourth-order valence-electron chi connectivity index (χ4n) is 3.33. The predicted molar refractivity (Wildman–Crippen MR) is 99.6 cm³/mol. The normalized spacial score (nSPS) is 17.5. The second-order valence-corrected chi connectivity index (χ2v) is 7.74. The summed E-state index contributed by atoms with van der Waals surface area (Å²) in [6.45, 7) is 1.13. The van der Waals surface area contributed by atoms with Crippen LogP contribution in [-0.2, 0) is 11.0 Å². The number of hydrogen-bond donors (Lipinski definition) is 1. The molecule has 2 amide bonds. The van der Waals surface area contributed by atoms with Crippen LogP contribution in [0.3, 0.4) is 0 Å². The molecule has 3 rings (SSSR count). The molecular formula is C19H20F3N3O2S. The summed E-state index contributed by atoms with van der Waals surface area (Å²) in [6, 6.07) is 4.91. The molecule has 1 unspecified atom stereocenters. The van der Waals surface area contributed by atoms with Crippen LogP contribution >= 0.6 is 11.3 Å². The first-order chi connectivity index (χ1) is 13.2. The highest BCUT2D eigenvalue weighted by atomic mass is 32.1. The fraction of sp³-hybridized carbons (Fsp3) is 0.421. The van der Waals surface area contributed by atoms with Crippen LogP contribution in [0.4, 0.5) is 13.2 Å². The predicted octanol–water partition coefficient (Wildman–Crippen LogP) is 3.95. The molecule has 150 valence electrons. The van der Waals surface area contributed by atoms with Gasteiger partial charge in [-0.3, -0.25) is 9.59 Å². The van der Waals surface area contributed by atoms with Crippen molar-refractivity contribution >= 4 is 23.2 Å². The quantitative estimate of drug-likeness (QED) is 0.810. The first kappa shape index (κ1) is 20.3.